The molecule has 1 aliphatic rings. The van der Waals surface area contributed by atoms with Crippen LogP contribution in [0.3, 0.4) is 0 Å². The number of nitrogens with zero attached hydrogens (tertiary/aromatic N) is 2. The molecular formula is C16H22Cl2N2O2. The molecule has 0 aliphatic carbocycles. The molecule has 0 aromatic heterocycles. The monoisotopic (exact) mass is 344 g/mol. The first kappa shape index (κ1) is 17.5. The van der Waals surface area contributed by atoms with Gasteiger partial charge in [-0.1, -0.05) is 29.3 Å². The van der Waals surface area contributed by atoms with Crippen molar-refractivity contribution >= 4 is 29.1 Å². The van der Waals surface area contributed by atoms with Gasteiger partial charge >= 0.3 is 0 Å². The number of hydrogen-bond acceptors (Lipinski definition) is 3. The van der Waals surface area contributed by atoms with Crippen molar-refractivity contribution in [2.45, 2.75) is 26.0 Å². The van der Waals surface area contributed by atoms with E-state index in [-0.39, 0.29) is 18.1 Å². The maximum absolute atomic E-state index is 12.2. The summed E-state index contributed by atoms with van der Waals surface area (Å²) in [5, 5.41) is 1.06. The molecule has 122 valence electrons. The SMILES string of the molecule is CC(C)N(C)C(=O)CN1CCO[C@H](c2ccc(Cl)c(Cl)c2)C1. The molecule has 22 heavy (non-hydrogen) atoms. The average Bonchev–Trinajstić information content (AvgIpc) is 2.49. The summed E-state index contributed by atoms with van der Waals surface area (Å²) in [7, 11) is 1.84. The topological polar surface area (TPSA) is 32.8 Å². The Bertz CT molecular complexity index is 537. The number of hydrogen-bond donors (Lipinski definition) is 0. The number of rotatable bonds is 4. The highest BCUT2D eigenvalue weighted by Crippen LogP contribution is 2.29. The zero-order valence-corrected chi connectivity index (χ0v) is 14.7. The van der Waals surface area contributed by atoms with E-state index in [4.69, 9.17) is 27.9 Å². The molecule has 1 aromatic carbocycles. The van der Waals surface area contributed by atoms with Crippen LogP contribution in [0.2, 0.25) is 10.0 Å². The molecule has 6 heteroatoms. The van der Waals surface area contributed by atoms with Gasteiger partial charge in [0.25, 0.3) is 0 Å². The van der Waals surface area contributed by atoms with Crippen LogP contribution in [0.4, 0.5) is 0 Å². The Morgan fingerprint density at radius 3 is 2.77 bits per heavy atom. The van der Waals surface area contributed by atoms with Gasteiger partial charge in [0.05, 0.1) is 29.3 Å². The minimum atomic E-state index is -0.0827. The highest BCUT2D eigenvalue weighted by atomic mass is 35.5. The number of amides is 1. The molecule has 1 heterocycles. The summed E-state index contributed by atoms with van der Waals surface area (Å²) in [6, 6.07) is 5.74. The van der Waals surface area contributed by atoms with Crippen LogP contribution in [-0.4, -0.2) is 55.0 Å². The Labute approximate surface area is 141 Å². The van der Waals surface area contributed by atoms with Gasteiger partial charge in [0, 0.05) is 26.2 Å². The van der Waals surface area contributed by atoms with Crippen LogP contribution in [0.25, 0.3) is 0 Å². The predicted molar refractivity (Wildman–Crippen MR) is 89.5 cm³/mol. The second-order valence-electron chi connectivity index (χ2n) is 5.87. The molecule has 0 radical (unpaired) electrons. The summed E-state index contributed by atoms with van der Waals surface area (Å²) in [6.07, 6.45) is -0.0827. The lowest BCUT2D eigenvalue weighted by molar-refractivity contribution is -0.134. The first-order valence-corrected chi connectivity index (χ1v) is 8.18. The Hall–Kier alpha value is -0.810. The van der Waals surface area contributed by atoms with Crippen LogP contribution in [0, 0.1) is 0 Å². The Kier molecular flexibility index (Phi) is 6.09. The highest BCUT2D eigenvalue weighted by Gasteiger charge is 2.25. The Morgan fingerprint density at radius 1 is 1.41 bits per heavy atom. The zero-order valence-electron chi connectivity index (χ0n) is 13.2. The van der Waals surface area contributed by atoms with Gasteiger partial charge in [0.15, 0.2) is 0 Å². The van der Waals surface area contributed by atoms with Crippen molar-refractivity contribution in [3.8, 4) is 0 Å². The fourth-order valence-electron chi connectivity index (χ4n) is 2.35. The fraction of sp³-hybridized carbons (Fsp3) is 0.562. The van der Waals surface area contributed by atoms with Gasteiger partial charge in [-0.2, -0.15) is 0 Å². The third-order valence-electron chi connectivity index (χ3n) is 3.99. The molecule has 0 bridgehead atoms. The second-order valence-corrected chi connectivity index (χ2v) is 6.68. The first-order valence-electron chi connectivity index (χ1n) is 7.43. The molecule has 0 spiro atoms. The van der Waals surface area contributed by atoms with E-state index in [9.17, 15) is 4.79 Å². The molecule has 0 unspecified atom stereocenters. The lowest BCUT2D eigenvalue weighted by atomic mass is 10.1. The Morgan fingerprint density at radius 2 is 2.14 bits per heavy atom. The summed E-state index contributed by atoms with van der Waals surface area (Å²) in [5.74, 6) is 0.129. The van der Waals surface area contributed by atoms with Crippen molar-refractivity contribution in [2.75, 3.05) is 33.3 Å². The molecule has 1 amide bonds. The van der Waals surface area contributed by atoms with Crippen molar-refractivity contribution < 1.29 is 9.53 Å². The molecule has 1 aromatic rings. The smallest absolute Gasteiger partial charge is 0.236 e. The van der Waals surface area contributed by atoms with Gasteiger partial charge in [-0.25, -0.2) is 0 Å². The standard InChI is InChI=1S/C16H22Cl2N2O2/c1-11(2)19(3)16(21)10-20-6-7-22-15(9-20)12-4-5-13(17)14(18)8-12/h4-5,8,11,15H,6-7,9-10H2,1-3H3/t15-/m0/s1. The number of likely N-dealkylation sites (N-methyl/N-ethyl adjacent to an activating group) is 1. The summed E-state index contributed by atoms with van der Waals surface area (Å²) in [6.45, 7) is 6.47. The van der Waals surface area contributed by atoms with Crippen molar-refractivity contribution in [2.24, 2.45) is 0 Å². The molecule has 4 nitrogen and oxygen atoms in total. The summed E-state index contributed by atoms with van der Waals surface area (Å²) in [5.41, 5.74) is 0.990. The van der Waals surface area contributed by atoms with Gasteiger partial charge in [0.1, 0.15) is 0 Å². The maximum atomic E-state index is 12.2. The number of carbonyl (C=O) groups excluding carboxylic acids is 1. The quantitative estimate of drug-likeness (QED) is 0.840. The average molecular weight is 345 g/mol. The lowest BCUT2D eigenvalue weighted by Crippen LogP contribution is -2.46. The van der Waals surface area contributed by atoms with Gasteiger partial charge in [-0.15, -0.1) is 0 Å². The van der Waals surface area contributed by atoms with E-state index < -0.39 is 0 Å². The van der Waals surface area contributed by atoms with Crippen LogP contribution < -0.4 is 0 Å². The normalized spacial score (nSPS) is 19.5. The predicted octanol–water partition coefficient (Wildman–Crippen LogP) is 3.23. The number of carbonyl (C=O) groups is 1. The van der Waals surface area contributed by atoms with E-state index in [2.05, 4.69) is 4.90 Å². The van der Waals surface area contributed by atoms with E-state index in [0.717, 1.165) is 12.1 Å². The van der Waals surface area contributed by atoms with E-state index in [1.54, 1.807) is 11.0 Å². The molecule has 0 N–H and O–H groups in total. The summed E-state index contributed by atoms with van der Waals surface area (Å²) in [4.78, 5) is 16.1. The number of benzene rings is 1. The van der Waals surface area contributed by atoms with Crippen LogP contribution in [0.15, 0.2) is 18.2 Å². The molecule has 1 saturated heterocycles. The molecule has 1 fully saturated rings. The molecule has 2 rings (SSSR count). The minimum Gasteiger partial charge on any atom is -0.371 e. The number of ether oxygens (including phenoxy) is 1. The van der Waals surface area contributed by atoms with Crippen LogP contribution in [0.5, 0.6) is 0 Å². The lowest BCUT2D eigenvalue weighted by Gasteiger charge is -2.34. The van der Waals surface area contributed by atoms with E-state index in [0.29, 0.717) is 29.7 Å². The molecule has 1 aliphatic heterocycles. The van der Waals surface area contributed by atoms with Gasteiger partial charge in [0.2, 0.25) is 5.91 Å². The number of halogens is 2. The van der Waals surface area contributed by atoms with E-state index in [1.807, 2.05) is 33.0 Å². The third kappa shape index (κ3) is 4.35. The minimum absolute atomic E-state index is 0.0827. The van der Waals surface area contributed by atoms with E-state index in [1.165, 1.54) is 0 Å². The largest absolute Gasteiger partial charge is 0.371 e. The highest BCUT2D eigenvalue weighted by molar-refractivity contribution is 6.42. The van der Waals surface area contributed by atoms with Gasteiger partial charge < -0.3 is 9.64 Å². The molecule has 0 saturated carbocycles. The molecule has 1 atom stereocenters. The fourth-order valence-corrected chi connectivity index (χ4v) is 2.66. The van der Waals surface area contributed by atoms with Crippen molar-refractivity contribution in [3.05, 3.63) is 33.8 Å². The van der Waals surface area contributed by atoms with Crippen LogP contribution in [-0.2, 0) is 9.53 Å². The summed E-state index contributed by atoms with van der Waals surface area (Å²) >= 11 is 12.0. The third-order valence-corrected chi connectivity index (χ3v) is 4.73. The van der Waals surface area contributed by atoms with Crippen molar-refractivity contribution in [3.63, 3.8) is 0 Å². The Balaban J connectivity index is 1.99. The van der Waals surface area contributed by atoms with Crippen molar-refractivity contribution in [1.82, 2.24) is 9.80 Å². The van der Waals surface area contributed by atoms with Crippen LogP contribution in [0.1, 0.15) is 25.5 Å². The maximum Gasteiger partial charge on any atom is 0.236 e. The second kappa shape index (κ2) is 7.64. The first-order chi connectivity index (χ1) is 10.4. The summed E-state index contributed by atoms with van der Waals surface area (Å²) < 4.78 is 5.81. The van der Waals surface area contributed by atoms with E-state index >= 15 is 0 Å². The van der Waals surface area contributed by atoms with Crippen LogP contribution >= 0.6 is 23.2 Å². The van der Waals surface area contributed by atoms with Gasteiger partial charge in [-0.3, -0.25) is 9.69 Å². The van der Waals surface area contributed by atoms with Crippen molar-refractivity contribution in [1.29, 1.82) is 0 Å². The molecular weight excluding hydrogens is 323 g/mol. The van der Waals surface area contributed by atoms with Gasteiger partial charge in [-0.05, 0) is 31.5 Å². The number of morpholine rings is 1. The zero-order chi connectivity index (χ0) is 16.3.